The number of allylic oxidation sites excluding steroid dienone is 4. The molecule has 4 heteroatoms. The van der Waals surface area contributed by atoms with Crippen LogP contribution >= 0.6 is 0 Å². The fraction of sp³-hybridized carbons (Fsp3) is 0.650. The first-order chi connectivity index (χ1) is 11.6. The molecule has 0 unspecified atom stereocenters. The van der Waals surface area contributed by atoms with Gasteiger partial charge in [-0.1, -0.05) is 81.9 Å². The number of aliphatic carboxylic acids is 1. The van der Waals surface area contributed by atoms with Crippen LogP contribution in [0.15, 0.2) is 36.5 Å². The van der Waals surface area contributed by atoms with Gasteiger partial charge in [0.2, 0.25) is 0 Å². The lowest BCUT2D eigenvalue weighted by molar-refractivity contribution is -0.137. The summed E-state index contributed by atoms with van der Waals surface area (Å²) in [5.41, 5.74) is 0. The molecule has 0 saturated heterocycles. The average Bonchev–Trinajstić information content (AvgIpc) is 2.53. The molecular formula is C20H34O4. The van der Waals surface area contributed by atoms with Crippen molar-refractivity contribution in [1.29, 1.82) is 0 Å². The Kier molecular flexibility index (Phi) is 15.5. The van der Waals surface area contributed by atoms with E-state index in [1.165, 1.54) is 32.1 Å². The van der Waals surface area contributed by atoms with Crippen LogP contribution in [0.4, 0.5) is 0 Å². The highest BCUT2D eigenvalue weighted by molar-refractivity contribution is 5.66. The Balaban J connectivity index is 3.70. The molecule has 24 heavy (non-hydrogen) atoms. The van der Waals surface area contributed by atoms with E-state index in [9.17, 15) is 15.0 Å². The third-order valence-electron chi connectivity index (χ3n) is 3.74. The number of unbranched alkanes of at least 4 members (excludes halogenated alkanes) is 5. The van der Waals surface area contributed by atoms with Gasteiger partial charge in [-0.15, -0.1) is 0 Å². The van der Waals surface area contributed by atoms with Gasteiger partial charge in [-0.05, 0) is 19.3 Å². The minimum atomic E-state index is -0.837. The van der Waals surface area contributed by atoms with Crippen LogP contribution in [-0.2, 0) is 4.79 Å². The van der Waals surface area contributed by atoms with Crippen LogP contribution in [0.3, 0.4) is 0 Å². The van der Waals surface area contributed by atoms with Crippen LogP contribution in [0.1, 0.15) is 71.1 Å². The number of rotatable bonds is 15. The molecular weight excluding hydrogens is 304 g/mol. The van der Waals surface area contributed by atoms with E-state index in [1.54, 1.807) is 24.3 Å². The molecule has 0 radical (unpaired) electrons. The van der Waals surface area contributed by atoms with Crippen molar-refractivity contribution in [2.75, 3.05) is 0 Å². The first-order valence-corrected chi connectivity index (χ1v) is 9.15. The second-order valence-corrected chi connectivity index (χ2v) is 6.13. The van der Waals surface area contributed by atoms with Crippen LogP contribution in [0.25, 0.3) is 0 Å². The molecule has 0 aliphatic heterocycles. The number of carboxylic acid groups (broad SMARTS) is 1. The van der Waals surface area contributed by atoms with E-state index in [4.69, 9.17) is 5.11 Å². The topological polar surface area (TPSA) is 77.8 Å². The molecule has 138 valence electrons. The lowest BCUT2D eigenvalue weighted by Crippen LogP contribution is -2.03. The zero-order valence-corrected chi connectivity index (χ0v) is 14.9. The van der Waals surface area contributed by atoms with E-state index >= 15 is 0 Å². The van der Waals surface area contributed by atoms with Crippen molar-refractivity contribution in [2.45, 2.75) is 83.3 Å². The van der Waals surface area contributed by atoms with E-state index in [0.717, 1.165) is 12.8 Å². The molecule has 4 nitrogen and oxygen atoms in total. The van der Waals surface area contributed by atoms with Gasteiger partial charge in [0.05, 0.1) is 12.2 Å². The van der Waals surface area contributed by atoms with Crippen LogP contribution in [0, 0.1) is 0 Å². The molecule has 0 spiro atoms. The van der Waals surface area contributed by atoms with Crippen molar-refractivity contribution in [3.63, 3.8) is 0 Å². The fourth-order valence-corrected chi connectivity index (χ4v) is 2.30. The van der Waals surface area contributed by atoms with Gasteiger partial charge in [-0.25, -0.2) is 0 Å². The van der Waals surface area contributed by atoms with Gasteiger partial charge in [0, 0.05) is 6.42 Å². The van der Waals surface area contributed by atoms with Crippen LogP contribution in [0.2, 0.25) is 0 Å². The van der Waals surface area contributed by atoms with Gasteiger partial charge in [0.25, 0.3) is 0 Å². The minimum Gasteiger partial charge on any atom is -0.481 e. The number of aliphatic hydroxyl groups is 2. The third-order valence-corrected chi connectivity index (χ3v) is 3.74. The zero-order chi connectivity index (χ0) is 18.0. The maximum atomic E-state index is 10.4. The van der Waals surface area contributed by atoms with E-state index < -0.39 is 18.2 Å². The summed E-state index contributed by atoms with van der Waals surface area (Å²) in [4.78, 5) is 10.4. The summed E-state index contributed by atoms with van der Waals surface area (Å²) in [5.74, 6) is -0.837. The Labute approximate surface area is 146 Å². The Hall–Kier alpha value is -1.39. The summed E-state index contributed by atoms with van der Waals surface area (Å²) >= 11 is 0. The highest BCUT2D eigenvalue weighted by atomic mass is 16.4. The van der Waals surface area contributed by atoms with Gasteiger partial charge in [0.1, 0.15) is 0 Å². The second kappa shape index (κ2) is 16.5. The SMILES string of the molecule is CCCCCCCC[C@H](O)/C=C/C=C/C=C[C@H](O)CCCC(=O)O. The zero-order valence-electron chi connectivity index (χ0n) is 14.9. The molecule has 0 bridgehead atoms. The van der Waals surface area contributed by atoms with E-state index in [0.29, 0.717) is 12.8 Å². The second-order valence-electron chi connectivity index (χ2n) is 6.13. The maximum Gasteiger partial charge on any atom is 0.303 e. The lowest BCUT2D eigenvalue weighted by atomic mass is 10.1. The molecule has 0 aliphatic rings. The Morgan fingerprint density at radius 3 is 1.83 bits per heavy atom. The van der Waals surface area contributed by atoms with Crippen molar-refractivity contribution in [2.24, 2.45) is 0 Å². The van der Waals surface area contributed by atoms with Gasteiger partial charge in [-0.3, -0.25) is 4.79 Å². The van der Waals surface area contributed by atoms with Gasteiger partial charge in [-0.2, -0.15) is 0 Å². The smallest absolute Gasteiger partial charge is 0.303 e. The fourth-order valence-electron chi connectivity index (χ4n) is 2.30. The monoisotopic (exact) mass is 338 g/mol. The minimum absolute atomic E-state index is 0.0833. The first-order valence-electron chi connectivity index (χ1n) is 9.15. The van der Waals surface area contributed by atoms with E-state index in [2.05, 4.69) is 6.92 Å². The maximum absolute atomic E-state index is 10.4. The van der Waals surface area contributed by atoms with Crippen molar-refractivity contribution in [3.8, 4) is 0 Å². The summed E-state index contributed by atoms with van der Waals surface area (Å²) < 4.78 is 0. The highest BCUT2D eigenvalue weighted by Crippen LogP contribution is 2.09. The van der Waals surface area contributed by atoms with Crippen LogP contribution in [-0.4, -0.2) is 33.5 Å². The summed E-state index contributed by atoms with van der Waals surface area (Å²) in [5, 5.41) is 27.9. The van der Waals surface area contributed by atoms with Crippen molar-refractivity contribution >= 4 is 5.97 Å². The van der Waals surface area contributed by atoms with Crippen molar-refractivity contribution in [3.05, 3.63) is 36.5 Å². The number of aliphatic hydroxyl groups excluding tert-OH is 2. The standard InChI is InChI=1S/C20H34O4/c1-2-3-4-5-6-9-13-18(21)14-10-7-8-11-15-19(22)16-12-17-20(23)24/h7-8,10-11,14-15,18-19,21-22H,2-6,9,12-13,16-17H2,1H3,(H,23,24)/b8-7+,14-10+,15-11?/t18-,19-/m0/s1. The molecule has 0 aliphatic carbocycles. The summed E-state index contributed by atoms with van der Waals surface area (Å²) in [6.07, 6.45) is 18.7. The predicted molar refractivity (Wildman–Crippen MR) is 98.9 cm³/mol. The van der Waals surface area contributed by atoms with Gasteiger partial charge < -0.3 is 15.3 Å². The predicted octanol–water partition coefficient (Wildman–Crippen LogP) is 4.38. The van der Waals surface area contributed by atoms with E-state index in [1.807, 2.05) is 12.2 Å². The summed E-state index contributed by atoms with van der Waals surface area (Å²) in [6, 6.07) is 0. The molecule has 0 amide bonds. The molecule has 2 atom stereocenters. The average molecular weight is 338 g/mol. The molecule has 0 aromatic rings. The van der Waals surface area contributed by atoms with Crippen molar-refractivity contribution < 1.29 is 20.1 Å². The first kappa shape index (κ1) is 22.6. The largest absolute Gasteiger partial charge is 0.481 e. The number of hydrogen-bond acceptors (Lipinski definition) is 3. The van der Waals surface area contributed by atoms with E-state index in [-0.39, 0.29) is 6.42 Å². The number of carbonyl (C=O) groups is 1. The molecule has 0 heterocycles. The third kappa shape index (κ3) is 17.0. The number of hydrogen-bond donors (Lipinski definition) is 3. The molecule has 0 aromatic heterocycles. The summed E-state index contributed by atoms with van der Waals surface area (Å²) in [6.45, 7) is 2.21. The molecule has 0 rings (SSSR count). The highest BCUT2D eigenvalue weighted by Gasteiger charge is 2.01. The van der Waals surface area contributed by atoms with Crippen LogP contribution < -0.4 is 0 Å². The lowest BCUT2D eigenvalue weighted by Gasteiger charge is -2.04. The molecule has 0 aromatic carbocycles. The molecule has 0 fully saturated rings. The Bertz CT molecular complexity index is 385. The van der Waals surface area contributed by atoms with Crippen LogP contribution in [0.5, 0.6) is 0 Å². The number of carboxylic acids is 1. The van der Waals surface area contributed by atoms with Crippen molar-refractivity contribution in [1.82, 2.24) is 0 Å². The Morgan fingerprint density at radius 2 is 1.29 bits per heavy atom. The summed E-state index contributed by atoms with van der Waals surface area (Å²) in [7, 11) is 0. The normalized spacial score (nSPS) is 14.8. The van der Waals surface area contributed by atoms with Gasteiger partial charge in [0.15, 0.2) is 0 Å². The Morgan fingerprint density at radius 1 is 0.792 bits per heavy atom. The molecule has 3 N–H and O–H groups in total. The van der Waals surface area contributed by atoms with Gasteiger partial charge >= 0.3 is 5.97 Å². The quantitative estimate of drug-likeness (QED) is 0.306. The molecule has 0 saturated carbocycles.